The molecule has 0 atom stereocenters. The van der Waals surface area contributed by atoms with Crippen LogP contribution in [0.3, 0.4) is 0 Å². The SMILES string of the molecule is O=C(Cn1nc(C(F)(F)F)c(Br)c1C1CC1)N1CCCCCC1. The van der Waals surface area contributed by atoms with E-state index in [0.717, 1.165) is 38.5 Å². The highest BCUT2D eigenvalue weighted by molar-refractivity contribution is 9.10. The summed E-state index contributed by atoms with van der Waals surface area (Å²) in [4.78, 5) is 14.2. The van der Waals surface area contributed by atoms with Crippen LogP contribution in [-0.2, 0) is 17.5 Å². The fourth-order valence-electron chi connectivity index (χ4n) is 3.05. The summed E-state index contributed by atoms with van der Waals surface area (Å²) in [5.74, 6) is -0.0672. The van der Waals surface area contributed by atoms with E-state index in [1.165, 1.54) is 4.68 Å². The third kappa shape index (κ3) is 3.72. The van der Waals surface area contributed by atoms with Crippen LogP contribution >= 0.6 is 15.9 Å². The first kappa shape index (κ1) is 16.8. The molecule has 1 aliphatic heterocycles. The smallest absolute Gasteiger partial charge is 0.341 e. The Morgan fingerprint density at radius 3 is 2.30 bits per heavy atom. The van der Waals surface area contributed by atoms with E-state index in [9.17, 15) is 18.0 Å². The van der Waals surface area contributed by atoms with Gasteiger partial charge in [-0.25, -0.2) is 0 Å². The molecule has 0 radical (unpaired) electrons. The minimum absolute atomic E-state index is 0.00355. The summed E-state index contributed by atoms with van der Waals surface area (Å²) in [6.07, 6.45) is 1.29. The van der Waals surface area contributed by atoms with Gasteiger partial charge in [0.1, 0.15) is 6.54 Å². The normalized spacial score (nSPS) is 19.7. The lowest BCUT2D eigenvalue weighted by atomic mass is 10.2. The maximum atomic E-state index is 13.1. The molecule has 0 unspecified atom stereocenters. The van der Waals surface area contributed by atoms with Crippen molar-refractivity contribution in [1.29, 1.82) is 0 Å². The Labute approximate surface area is 141 Å². The number of nitrogens with zero attached hydrogens (tertiary/aromatic N) is 3. The fourth-order valence-corrected chi connectivity index (χ4v) is 3.88. The average Bonchev–Trinajstić information content (AvgIpc) is 3.26. The standard InChI is InChI=1S/C15H19BrF3N3O/c16-12-13(10-5-6-10)22(20-14(12)15(17,18)19)9-11(23)21-7-3-1-2-4-8-21/h10H,1-9H2. The Morgan fingerprint density at radius 1 is 1.17 bits per heavy atom. The summed E-state index contributed by atoms with van der Waals surface area (Å²) in [5, 5.41) is 3.70. The molecule has 0 aromatic carbocycles. The lowest BCUT2D eigenvalue weighted by Gasteiger charge is -2.20. The van der Waals surface area contributed by atoms with Crippen molar-refractivity contribution >= 4 is 21.8 Å². The van der Waals surface area contributed by atoms with Crippen molar-refractivity contribution in [3.8, 4) is 0 Å². The van der Waals surface area contributed by atoms with Crippen LogP contribution in [0.1, 0.15) is 55.8 Å². The molecule has 4 nitrogen and oxygen atoms in total. The molecule has 1 saturated carbocycles. The van der Waals surface area contributed by atoms with Gasteiger partial charge in [0.25, 0.3) is 0 Å². The zero-order valence-corrected chi connectivity index (χ0v) is 14.3. The molecule has 2 fully saturated rings. The van der Waals surface area contributed by atoms with E-state index in [-0.39, 0.29) is 22.8 Å². The number of carbonyl (C=O) groups is 1. The molecule has 1 aromatic rings. The fraction of sp³-hybridized carbons (Fsp3) is 0.733. The number of hydrogen-bond donors (Lipinski definition) is 0. The molecule has 0 spiro atoms. The Hall–Kier alpha value is -1.05. The van der Waals surface area contributed by atoms with E-state index in [1.54, 1.807) is 4.90 Å². The van der Waals surface area contributed by atoms with Crippen molar-refractivity contribution in [2.45, 2.75) is 57.2 Å². The molecule has 1 aromatic heterocycles. The Kier molecular flexibility index (Phi) is 4.71. The van der Waals surface area contributed by atoms with Crippen molar-refractivity contribution in [2.75, 3.05) is 13.1 Å². The zero-order valence-electron chi connectivity index (χ0n) is 12.7. The minimum atomic E-state index is -4.51. The first-order chi connectivity index (χ1) is 10.9. The second-order valence-corrected chi connectivity index (χ2v) is 7.07. The van der Waals surface area contributed by atoms with Crippen molar-refractivity contribution in [3.63, 3.8) is 0 Å². The molecule has 128 valence electrons. The largest absolute Gasteiger partial charge is 0.436 e. The van der Waals surface area contributed by atoms with Crippen LogP contribution in [-0.4, -0.2) is 33.7 Å². The third-order valence-corrected chi connectivity index (χ3v) is 5.19. The predicted molar refractivity (Wildman–Crippen MR) is 82.0 cm³/mol. The Balaban J connectivity index is 1.82. The molecule has 23 heavy (non-hydrogen) atoms. The van der Waals surface area contributed by atoms with Crippen LogP contribution in [0.2, 0.25) is 0 Å². The van der Waals surface area contributed by atoms with Crippen molar-refractivity contribution in [3.05, 3.63) is 15.9 Å². The number of halogens is 4. The Morgan fingerprint density at radius 2 is 1.78 bits per heavy atom. The van der Waals surface area contributed by atoms with Crippen molar-refractivity contribution in [2.24, 2.45) is 0 Å². The Bertz CT molecular complexity index is 588. The van der Waals surface area contributed by atoms with Crippen molar-refractivity contribution in [1.82, 2.24) is 14.7 Å². The number of amides is 1. The third-order valence-electron chi connectivity index (χ3n) is 4.41. The van der Waals surface area contributed by atoms with Gasteiger partial charge in [-0.2, -0.15) is 18.3 Å². The zero-order chi connectivity index (χ0) is 16.6. The molecule has 0 bridgehead atoms. The maximum Gasteiger partial charge on any atom is 0.436 e. The van der Waals surface area contributed by atoms with E-state index >= 15 is 0 Å². The molecule has 1 amide bonds. The van der Waals surface area contributed by atoms with Crippen LogP contribution < -0.4 is 0 Å². The monoisotopic (exact) mass is 393 g/mol. The lowest BCUT2D eigenvalue weighted by molar-refractivity contribution is -0.142. The van der Waals surface area contributed by atoms with Gasteiger partial charge in [0, 0.05) is 19.0 Å². The summed E-state index contributed by atoms with van der Waals surface area (Å²) in [7, 11) is 0. The second kappa shape index (κ2) is 6.45. The van der Waals surface area contributed by atoms with Gasteiger partial charge in [0.05, 0.1) is 10.2 Å². The number of alkyl halides is 3. The van der Waals surface area contributed by atoms with Crippen molar-refractivity contribution < 1.29 is 18.0 Å². The van der Waals surface area contributed by atoms with Gasteiger partial charge >= 0.3 is 6.18 Å². The summed E-state index contributed by atoms with van der Waals surface area (Å²) < 4.78 is 40.5. The molecule has 0 N–H and O–H groups in total. The molecule has 2 heterocycles. The summed E-state index contributed by atoms with van der Waals surface area (Å²) in [5.41, 5.74) is -0.413. The lowest BCUT2D eigenvalue weighted by Crippen LogP contribution is -2.35. The highest BCUT2D eigenvalue weighted by atomic mass is 79.9. The molecule has 2 aliphatic rings. The summed E-state index contributed by atoms with van der Waals surface area (Å²) >= 11 is 3.05. The number of hydrogen-bond acceptors (Lipinski definition) is 2. The molecule has 1 saturated heterocycles. The first-order valence-electron chi connectivity index (χ1n) is 7.99. The van der Waals surface area contributed by atoms with Gasteiger partial charge in [-0.05, 0) is 41.6 Å². The van der Waals surface area contributed by atoms with Gasteiger partial charge < -0.3 is 4.90 Å². The van der Waals surface area contributed by atoms with Crippen LogP contribution in [0.5, 0.6) is 0 Å². The highest BCUT2D eigenvalue weighted by Crippen LogP contribution is 2.46. The van der Waals surface area contributed by atoms with Gasteiger partial charge in [-0.1, -0.05) is 12.8 Å². The summed E-state index contributed by atoms with van der Waals surface area (Å²) in [6, 6.07) is 0. The predicted octanol–water partition coefficient (Wildman–Crippen LogP) is 3.94. The number of carbonyl (C=O) groups excluding carboxylic acids is 1. The topological polar surface area (TPSA) is 38.1 Å². The maximum absolute atomic E-state index is 13.1. The molecular formula is C15H19BrF3N3O. The first-order valence-corrected chi connectivity index (χ1v) is 8.78. The van der Waals surface area contributed by atoms with Crippen LogP contribution in [0.15, 0.2) is 4.47 Å². The van der Waals surface area contributed by atoms with E-state index in [0.29, 0.717) is 18.8 Å². The van der Waals surface area contributed by atoms with Gasteiger partial charge in [-0.15, -0.1) is 0 Å². The average molecular weight is 394 g/mol. The highest BCUT2D eigenvalue weighted by Gasteiger charge is 2.42. The molecule has 1 aliphatic carbocycles. The van der Waals surface area contributed by atoms with E-state index in [2.05, 4.69) is 21.0 Å². The van der Waals surface area contributed by atoms with E-state index in [4.69, 9.17) is 0 Å². The van der Waals surface area contributed by atoms with Gasteiger partial charge in [0.15, 0.2) is 5.69 Å². The summed E-state index contributed by atoms with van der Waals surface area (Å²) in [6.45, 7) is 1.26. The number of likely N-dealkylation sites (tertiary alicyclic amines) is 1. The van der Waals surface area contributed by atoms with E-state index in [1.807, 2.05) is 0 Å². The number of aromatic nitrogens is 2. The van der Waals surface area contributed by atoms with Crippen LogP contribution in [0.25, 0.3) is 0 Å². The minimum Gasteiger partial charge on any atom is -0.341 e. The second-order valence-electron chi connectivity index (χ2n) is 6.27. The van der Waals surface area contributed by atoms with E-state index < -0.39 is 11.9 Å². The van der Waals surface area contributed by atoms with Gasteiger partial charge in [0.2, 0.25) is 5.91 Å². The molecular weight excluding hydrogens is 375 g/mol. The number of rotatable bonds is 3. The van der Waals surface area contributed by atoms with Crippen LogP contribution in [0.4, 0.5) is 13.2 Å². The molecule has 8 heteroatoms. The van der Waals surface area contributed by atoms with Gasteiger partial charge in [-0.3, -0.25) is 9.48 Å². The quantitative estimate of drug-likeness (QED) is 0.779. The van der Waals surface area contributed by atoms with Crippen LogP contribution in [0, 0.1) is 0 Å². The molecule has 3 rings (SSSR count).